The predicted molar refractivity (Wildman–Crippen MR) is 92.8 cm³/mol. The van der Waals surface area contributed by atoms with E-state index in [0.29, 0.717) is 23.9 Å². The van der Waals surface area contributed by atoms with Gasteiger partial charge in [-0.2, -0.15) is 4.68 Å². The zero-order chi connectivity index (χ0) is 16.6. The number of amides is 1. The molecule has 0 unspecified atom stereocenters. The van der Waals surface area contributed by atoms with Gasteiger partial charge in [-0.25, -0.2) is 0 Å². The van der Waals surface area contributed by atoms with E-state index < -0.39 is 0 Å². The quantitative estimate of drug-likeness (QED) is 0.670. The van der Waals surface area contributed by atoms with Crippen molar-refractivity contribution in [2.75, 3.05) is 5.75 Å². The fourth-order valence-electron chi connectivity index (χ4n) is 2.12. The molecule has 0 fully saturated rings. The molecule has 0 aliphatic heterocycles. The third kappa shape index (κ3) is 4.42. The highest BCUT2D eigenvalue weighted by Crippen LogP contribution is 2.18. The molecule has 1 amide bonds. The van der Waals surface area contributed by atoms with Gasteiger partial charge in [-0.15, -0.1) is 5.10 Å². The second-order valence-electron chi connectivity index (χ2n) is 5.07. The molecule has 0 spiro atoms. The molecule has 6 nitrogen and oxygen atoms in total. The van der Waals surface area contributed by atoms with Gasteiger partial charge in [0.25, 0.3) is 0 Å². The minimum absolute atomic E-state index is 0.0186. The molecule has 2 aromatic carbocycles. The zero-order valence-corrected chi connectivity index (χ0v) is 13.8. The summed E-state index contributed by atoms with van der Waals surface area (Å²) in [6.07, 6.45) is 0.416. The maximum atomic E-state index is 11.9. The Morgan fingerprint density at radius 3 is 2.50 bits per heavy atom. The van der Waals surface area contributed by atoms with Crippen LogP contribution in [0.5, 0.6) is 0 Å². The van der Waals surface area contributed by atoms with Crippen molar-refractivity contribution in [2.24, 2.45) is 0 Å². The maximum Gasteiger partial charge on any atom is 0.221 e. The minimum Gasteiger partial charge on any atom is -0.352 e. The summed E-state index contributed by atoms with van der Waals surface area (Å²) < 4.78 is 1.67. The summed E-state index contributed by atoms with van der Waals surface area (Å²) in [4.78, 5) is 11.9. The van der Waals surface area contributed by atoms with Crippen LogP contribution in [0.15, 0.2) is 65.8 Å². The van der Waals surface area contributed by atoms with Crippen molar-refractivity contribution in [1.82, 2.24) is 25.5 Å². The molecule has 3 rings (SSSR count). The van der Waals surface area contributed by atoms with E-state index in [1.807, 2.05) is 60.7 Å². The number of nitrogens with zero attached hydrogens (tertiary/aromatic N) is 4. The van der Waals surface area contributed by atoms with E-state index >= 15 is 0 Å². The maximum absolute atomic E-state index is 11.9. The summed E-state index contributed by atoms with van der Waals surface area (Å²) in [5, 5.41) is 15.3. The lowest BCUT2D eigenvalue weighted by atomic mass is 10.2. The molecular formula is C17H17N5OS. The lowest BCUT2D eigenvalue weighted by molar-refractivity contribution is -0.120. The first-order valence-electron chi connectivity index (χ1n) is 7.60. The number of tetrazole rings is 1. The smallest absolute Gasteiger partial charge is 0.221 e. The Labute approximate surface area is 144 Å². The van der Waals surface area contributed by atoms with Gasteiger partial charge >= 0.3 is 0 Å². The number of carbonyl (C=O) groups is 1. The van der Waals surface area contributed by atoms with Crippen LogP contribution in [0.25, 0.3) is 5.69 Å². The van der Waals surface area contributed by atoms with Gasteiger partial charge in [0.05, 0.1) is 5.69 Å². The third-order valence-electron chi connectivity index (χ3n) is 3.33. The monoisotopic (exact) mass is 339 g/mol. The molecule has 0 saturated carbocycles. The van der Waals surface area contributed by atoms with Crippen LogP contribution < -0.4 is 5.32 Å². The number of rotatable bonds is 7. The van der Waals surface area contributed by atoms with Crippen LogP contribution in [0.4, 0.5) is 0 Å². The number of hydrogen-bond donors (Lipinski definition) is 1. The van der Waals surface area contributed by atoms with Gasteiger partial charge in [0.1, 0.15) is 0 Å². The van der Waals surface area contributed by atoms with Crippen LogP contribution in [-0.2, 0) is 11.3 Å². The normalized spacial score (nSPS) is 10.5. The number of thioether (sulfide) groups is 1. The van der Waals surface area contributed by atoms with Gasteiger partial charge in [-0.3, -0.25) is 4.79 Å². The molecule has 122 valence electrons. The Morgan fingerprint density at radius 1 is 1.04 bits per heavy atom. The molecule has 0 radical (unpaired) electrons. The van der Waals surface area contributed by atoms with Crippen molar-refractivity contribution in [1.29, 1.82) is 0 Å². The first-order valence-corrected chi connectivity index (χ1v) is 8.59. The van der Waals surface area contributed by atoms with Crippen molar-refractivity contribution in [3.05, 3.63) is 66.2 Å². The number of aromatic nitrogens is 4. The first-order chi connectivity index (χ1) is 11.8. The Kier molecular flexibility index (Phi) is 5.57. The average Bonchev–Trinajstić information content (AvgIpc) is 3.10. The average molecular weight is 339 g/mol. The number of carbonyl (C=O) groups excluding carboxylic acids is 1. The summed E-state index contributed by atoms with van der Waals surface area (Å²) in [5.41, 5.74) is 1.99. The van der Waals surface area contributed by atoms with Crippen molar-refractivity contribution in [3.8, 4) is 5.69 Å². The van der Waals surface area contributed by atoms with E-state index in [2.05, 4.69) is 20.8 Å². The second kappa shape index (κ2) is 8.26. The van der Waals surface area contributed by atoms with E-state index in [1.165, 1.54) is 11.8 Å². The molecule has 0 aliphatic carbocycles. The summed E-state index contributed by atoms with van der Waals surface area (Å²) in [5.74, 6) is 0.637. The second-order valence-corrected chi connectivity index (χ2v) is 6.13. The lowest BCUT2D eigenvalue weighted by Crippen LogP contribution is -2.23. The summed E-state index contributed by atoms with van der Waals surface area (Å²) in [7, 11) is 0. The van der Waals surface area contributed by atoms with Gasteiger partial charge in [0, 0.05) is 18.7 Å². The Balaban J connectivity index is 1.47. The Morgan fingerprint density at radius 2 is 1.75 bits per heavy atom. The molecule has 0 bridgehead atoms. The van der Waals surface area contributed by atoms with Crippen LogP contribution in [0.3, 0.4) is 0 Å². The van der Waals surface area contributed by atoms with Crippen molar-refractivity contribution in [2.45, 2.75) is 18.1 Å². The van der Waals surface area contributed by atoms with Gasteiger partial charge in [-0.05, 0) is 28.1 Å². The largest absolute Gasteiger partial charge is 0.352 e. The van der Waals surface area contributed by atoms with Crippen LogP contribution in [-0.4, -0.2) is 31.9 Å². The van der Waals surface area contributed by atoms with Crippen LogP contribution in [0.2, 0.25) is 0 Å². The van der Waals surface area contributed by atoms with Crippen molar-refractivity contribution < 1.29 is 4.79 Å². The molecule has 0 atom stereocenters. The Bertz CT molecular complexity index is 776. The lowest BCUT2D eigenvalue weighted by Gasteiger charge is -2.06. The number of para-hydroxylation sites is 1. The van der Waals surface area contributed by atoms with Gasteiger partial charge < -0.3 is 5.32 Å². The Hall–Kier alpha value is -2.67. The number of nitrogens with one attached hydrogen (secondary N) is 1. The van der Waals surface area contributed by atoms with Gasteiger partial charge in [0.2, 0.25) is 11.1 Å². The van der Waals surface area contributed by atoms with Crippen LogP contribution >= 0.6 is 11.8 Å². The third-order valence-corrected chi connectivity index (χ3v) is 4.26. The SMILES string of the molecule is O=C(CCSc1nnnn1-c1ccccc1)NCc1ccccc1. The van der Waals surface area contributed by atoms with Gasteiger partial charge in [-0.1, -0.05) is 60.3 Å². The molecule has 3 aromatic rings. The highest BCUT2D eigenvalue weighted by Gasteiger charge is 2.09. The summed E-state index contributed by atoms with van der Waals surface area (Å²) >= 11 is 1.46. The summed E-state index contributed by atoms with van der Waals surface area (Å²) in [6, 6.07) is 19.5. The molecule has 1 heterocycles. The summed E-state index contributed by atoms with van der Waals surface area (Å²) in [6.45, 7) is 0.548. The van der Waals surface area contributed by atoms with E-state index in [-0.39, 0.29) is 5.91 Å². The first kappa shape index (κ1) is 16.2. The van der Waals surface area contributed by atoms with E-state index in [9.17, 15) is 4.79 Å². The zero-order valence-electron chi connectivity index (χ0n) is 13.0. The molecular weight excluding hydrogens is 322 g/mol. The molecule has 1 N–H and O–H groups in total. The fraction of sp³-hybridized carbons (Fsp3) is 0.176. The molecule has 1 aromatic heterocycles. The number of benzene rings is 2. The van der Waals surface area contributed by atoms with Crippen molar-refractivity contribution >= 4 is 17.7 Å². The molecule has 7 heteroatoms. The molecule has 0 aliphatic rings. The van der Waals surface area contributed by atoms with Crippen LogP contribution in [0.1, 0.15) is 12.0 Å². The topological polar surface area (TPSA) is 72.7 Å². The van der Waals surface area contributed by atoms with Gasteiger partial charge in [0.15, 0.2) is 0 Å². The standard InChI is InChI=1S/C17H17N5OS/c23-16(18-13-14-7-3-1-4-8-14)11-12-24-17-19-20-21-22(17)15-9-5-2-6-10-15/h1-10H,11-13H2,(H,18,23). The minimum atomic E-state index is 0.0186. The fourth-order valence-corrected chi connectivity index (χ4v) is 2.95. The highest BCUT2D eigenvalue weighted by molar-refractivity contribution is 7.99. The van der Waals surface area contributed by atoms with E-state index in [4.69, 9.17) is 0 Å². The molecule has 24 heavy (non-hydrogen) atoms. The predicted octanol–water partition coefficient (Wildman–Crippen LogP) is 2.46. The van der Waals surface area contributed by atoms with E-state index in [0.717, 1.165) is 11.3 Å². The molecule has 0 saturated heterocycles. The van der Waals surface area contributed by atoms with Crippen molar-refractivity contribution in [3.63, 3.8) is 0 Å². The van der Waals surface area contributed by atoms with Crippen LogP contribution in [0, 0.1) is 0 Å². The highest BCUT2D eigenvalue weighted by atomic mass is 32.2. The van der Waals surface area contributed by atoms with E-state index in [1.54, 1.807) is 4.68 Å². The number of hydrogen-bond acceptors (Lipinski definition) is 5.